The van der Waals surface area contributed by atoms with Gasteiger partial charge in [-0.3, -0.25) is 0 Å². The number of thioether (sulfide) groups is 1. The summed E-state index contributed by atoms with van der Waals surface area (Å²) in [5, 5.41) is 1.09. The van der Waals surface area contributed by atoms with Gasteiger partial charge in [0.1, 0.15) is 0 Å². The van der Waals surface area contributed by atoms with Crippen LogP contribution in [0.25, 0.3) is 10.2 Å². The molecule has 1 aliphatic rings. The van der Waals surface area contributed by atoms with E-state index in [1.807, 2.05) is 0 Å². The fourth-order valence-electron chi connectivity index (χ4n) is 3.26. The van der Waals surface area contributed by atoms with Crippen molar-refractivity contribution in [3.8, 4) is 11.5 Å². The van der Waals surface area contributed by atoms with Gasteiger partial charge in [-0.05, 0) is 48.1 Å². The maximum absolute atomic E-state index is 5.46. The Morgan fingerprint density at radius 3 is 2.60 bits per heavy atom. The lowest BCUT2D eigenvalue weighted by Gasteiger charge is -2.29. The number of aromatic nitrogens is 1. The molecule has 3 aromatic rings. The van der Waals surface area contributed by atoms with Crippen molar-refractivity contribution < 1.29 is 9.47 Å². The second-order valence-electron chi connectivity index (χ2n) is 5.95. The van der Waals surface area contributed by atoms with Crippen LogP contribution in [0, 0.1) is 0 Å². The molecule has 1 aliphatic heterocycles. The SMILES string of the molecule is COc1cc2c(cc1OC)CN(c1nc3c(SC)cccc3s1)CC2. The molecule has 2 heterocycles. The monoisotopic (exact) mass is 372 g/mol. The van der Waals surface area contributed by atoms with Crippen LogP contribution in [-0.4, -0.2) is 32.0 Å². The maximum atomic E-state index is 5.46. The van der Waals surface area contributed by atoms with Gasteiger partial charge in [-0.2, -0.15) is 0 Å². The fourth-order valence-corrected chi connectivity index (χ4v) is 4.90. The van der Waals surface area contributed by atoms with E-state index in [2.05, 4.69) is 41.5 Å². The van der Waals surface area contributed by atoms with Crippen LogP contribution in [0.1, 0.15) is 11.1 Å². The molecule has 6 heteroatoms. The summed E-state index contributed by atoms with van der Waals surface area (Å²) >= 11 is 3.52. The smallest absolute Gasteiger partial charge is 0.186 e. The molecule has 0 unspecified atom stereocenters. The summed E-state index contributed by atoms with van der Waals surface area (Å²) in [5.41, 5.74) is 3.74. The van der Waals surface area contributed by atoms with E-state index in [0.29, 0.717) is 0 Å². The summed E-state index contributed by atoms with van der Waals surface area (Å²) in [7, 11) is 3.37. The van der Waals surface area contributed by atoms with Crippen LogP contribution in [-0.2, 0) is 13.0 Å². The Hall–Kier alpha value is -1.92. The largest absolute Gasteiger partial charge is 0.493 e. The number of ether oxygens (including phenoxy) is 2. The summed E-state index contributed by atoms with van der Waals surface area (Å²) in [5.74, 6) is 1.59. The minimum absolute atomic E-state index is 0.789. The Balaban J connectivity index is 1.68. The molecular formula is C19H20N2O2S2. The molecule has 4 nitrogen and oxygen atoms in total. The van der Waals surface area contributed by atoms with Crippen molar-refractivity contribution in [2.75, 3.05) is 31.9 Å². The molecule has 0 aliphatic carbocycles. The third kappa shape index (κ3) is 2.93. The average molecular weight is 373 g/mol. The molecule has 25 heavy (non-hydrogen) atoms. The van der Waals surface area contributed by atoms with Gasteiger partial charge in [0.2, 0.25) is 0 Å². The first kappa shape index (κ1) is 16.5. The van der Waals surface area contributed by atoms with Crippen LogP contribution in [0.2, 0.25) is 0 Å². The zero-order chi connectivity index (χ0) is 17.4. The molecule has 1 aromatic heterocycles. The molecule has 0 saturated carbocycles. The van der Waals surface area contributed by atoms with Crippen LogP contribution in [0.15, 0.2) is 35.2 Å². The van der Waals surface area contributed by atoms with Crippen LogP contribution in [0.3, 0.4) is 0 Å². The number of benzene rings is 2. The number of anilines is 1. The Bertz CT molecular complexity index is 923. The van der Waals surface area contributed by atoms with Gasteiger partial charge >= 0.3 is 0 Å². The molecule has 0 spiro atoms. The van der Waals surface area contributed by atoms with Gasteiger partial charge in [0.05, 0.1) is 24.4 Å². The summed E-state index contributed by atoms with van der Waals surface area (Å²) in [6.07, 6.45) is 3.09. The first-order valence-electron chi connectivity index (χ1n) is 8.15. The van der Waals surface area contributed by atoms with E-state index in [0.717, 1.165) is 41.7 Å². The van der Waals surface area contributed by atoms with Gasteiger partial charge in [0, 0.05) is 18.0 Å². The van der Waals surface area contributed by atoms with E-state index >= 15 is 0 Å². The van der Waals surface area contributed by atoms with Gasteiger partial charge in [-0.25, -0.2) is 4.98 Å². The lowest BCUT2D eigenvalue weighted by Crippen LogP contribution is -2.30. The van der Waals surface area contributed by atoms with Crippen molar-refractivity contribution in [1.29, 1.82) is 0 Å². The zero-order valence-corrected chi connectivity index (χ0v) is 16.2. The zero-order valence-electron chi connectivity index (χ0n) is 14.5. The minimum atomic E-state index is 0.789. The number of thiazole rings is 1. The Kier molecular flexibility index (Phi) is 4.48. The van der Waals surface area contributed by atoms with Crippen molar-refractivity contribution in [3.63, 3.8) is 0 Å². The number of rotatable bonds is 4. The lowest BCUT2D eigenvalue weighted by molar-refractivity contribution is 0.353. The van der Waals surface area contributed by atoms with E-state index in [-0.39, 0.29) is 0 Å². The predicted octanol–water partition coefficient (Wildman–Crippen LogP) is 4.60. The molecule has 0 N–H and O–H groups in total. The van der Waals surface area contributed by atoms with E-state index < -0.39 is 0 Å². The summed E-state index contributed by atoms with van der Waals surface area (Å²) in [6.45, 7) is 1.82. The quantitative estimate of drug-likeness (QED) is 0.626. The second kappa shape index (κ2) is 6.77. The number of hydrogen-bond donors (Lipinski definition) is 0. The molecule has 0 atom stereocenters. The first-order valence-corrected chi connectivity index (χ1v) is 10.2. The van der Waals surface area contributed by atoms with E-state index in [4.69, 9.17) is 14.5 Å². The van der Waals surface area contributed by atoms with E-state index in [1.54, 1.807) is 37.3 Å². The third-order valence-electron chi connectivity index (χ3n) is 4.58. The first-order chi connectivity index (χ1) is 12.2. The molecule has 0 bridgehead atoms. The van der Waals surface area contributed by atoms with Crippen molar-refractivity contribution >= 4 is 38.4 Å². The van der Waals surface area contributed by atoms with E-state index in [1.165, 1.54) is 20.7 Å². The topological polar surface area (TPSA) is 34.6 Å². The van der Waals surface area contributed by atoms with Crippen LogP contribution < -0.4 is 14.4 Å². The van der Waals surface area contributed by atoms with Gasteiger partial charge < -0.3 is 14.4 Å². The standard InChI is InChI=1S/C19H20N2O2S2/c1-22-14-9-12-7-8-21(11-13(12)10-15(14)23-2)19-20-18-16(24-3)5-4-6-17(18)25-19/h4-6,9-10H,7-8,11H2,1-3H3. The lowest BCUT2D eigenvalue weighted by atomic mass is 9.99. The summed E-state index contributed by atoms with van der Waals surface area (Å²) in [6, 6.07) is 10.6. The molecule has 0 saturated heterocycles. The van der Waals surface area contributed by atoms with Gasteiger partial charge in [0.25, 0.3) is 0 Å². The van der Waals surface area contributed by atoms with Crippen molar-refractivity contribution in [2.45, 2.75) is 17.9 Å². The maximum Gasteiger partial charge on any atom is 0.186 e. The Labute approximate surface area is 155 Å². The molecule has 0 amide bonds. The molecule has 2 aromatic carbocycles. The van der Waals surface area contributed by atoms with Crippen LogP contribution in [0.5, 0.6) is 11.5 Å². The average Bonchev–Trinajstić information content (AvgIpc) is 3.10. The second-order valence-corrected chi connectivity index (χ2v) is 7.81. The third-order valence-corrected chi connectivity index (χ3v) is 6.43. The Morgan fingerprint density at radius 1 is 1.12 bits per heavy atom. The van der Waals surface area contributed by atoms with Gasteiger partial charge in [-0.15, -0.1) is 11.8 Å². The molecule has 4 rings (SSSR count). The summed E-state index contributed by atoms with van der Waals surface area (Å²) < 4.78 is 12.1. The molecular weight excluding hydrogens is 352 g/mol. The number of fused-ring (bicyclic) bond motifs is 2. The molecule has 0 radical (unpaired) electrons. The van der Waals surface area contributed by atoms with Crippen LogP contribution in [0.4, 0.5) is 5.13 Å². The van der Waals surface area contributed by atoms with E-state index in [9.17, 15) is 0 Å². The molecule has 0 fully saturated rings. The van der Waals surface area contributed by atoms with Gasteiger partial charge in [-0.1, -0.05) is 17.4 Å². The highest BCUT2D eigenvalue weighted by Crippen LogP contribution is 2.38. The van der Waals surface area contributed by atoms with Crippen molar-refractivity contribution in [2.24, 2.45) is 0 Å². The van der Waals surface area contributed by atoms with Gasteiger partial charge in [0.15, 0.2) is 16.6 Å². The molecule has 130 valence electrons. The highest BCUT2D eigenvalue weighted by molar-refractivity contribution is 7.98. The highest BCUT2D eigenvalue weighted by atomic mass is 32.2. The summed E-state index contributed by atoms with van der Waals surface area (Å²) in [4.78, 5) is 8.53. The number of para-hydroxylation sites is 1. The van der Waals surface area contributed by atoms with Crippen LogP contribution >= 0.6 is 23.1 Å². The fraction of sp³-hybridized carbons (Fsp3) is 0.316. The van der Waals surface area contributed by atoms with Crippen molar-refractivity contribution in [1.82, 2.24) is 4.98 Å². The number of hydrogen-bond acceptors (Lipinski definition) is 6. The van der Waals surface area contributed by atoms with Crippen molar-refractivity contribution in [3.05, 3.63) is 41.5 Å². The highest BCUT2D eigenvalue weighted by Gasteiger charge is 2.22. The number of nitrogens with zero attached hydrogens (tertiary/aromatic N) is 2. The minimum Gasteiger partial charge on any atom is -0.493 e. The Morgan fingerprint density at radius 2 is 1.88 bits per heavy atom. The predicted molar refractivity (Wildman–Crippen MR) is 106 cm³/mol. The normalized spacial score (nSPS) is 13.8. The number of methoxy groups -OCH3 is 2.